The molecule has 0 radical (unpaired) electrons. The molecule has 2 N–H and O–H groups in total. The van der Waals surface area contributed by atoms with Gasteiger partial charge in [-0.15, -0.1) is 0 Å². The molecule has 6 nitrogen and oxygen atoms in total. The SMILES string of the molecule is COCC(NC(=O)NC[C@@H]1CCN(C)[C@H]1c1cccnc1)C1CC1. The van der Waals surface area contributed by atoms with Gasteiger partial charge in [0.25, 0.3) is 0 Å². The van der Waals surface area contributed by atoms with Crippen LogP contribution in [0, 0.1) is 11.8 Å². The highest BCUT2D eigenvalue weighted by atomic mass is 16.5. The fourth-order valence-electron chi connectivity index (χ4n) is 3.73. The van der Waals surface area contributed by atoms with E-state index in [2.05, 4.69) is 33.6 Å². The summed E-state index contributed by atoms with van der Waals surface area (Å²) in [4.78, 5) is 18.8. The third-order valence-corrected chi connectivity index (χ3v) is 5.18. The van der Waals surface area contributed by atoms with Gasteiger partial charge in [0.05, 0.1) is 12.6 Å². The Kier molecular flexibility index (Phi) is 5.68. The Morgan fingerprint density at radius 1 is 1.46 bits per heavy atom. The number of hydrogen-bond acceptors (Lipinski definition) is 4. The summed E-state index contributed by atoms with van der Waals surface area (Å²) in [6.45, 7) is 2.31. The van der Waals surface area contributed by atoms with Crippen LogP contribution >= 0.6 is 0 Å². The van der Waals surface area contributed by atoms with Crippen LogP contribution < -0.4 is 10.6 Å². The fourth-order valence-corrected chi connectivity index (χ4v) is 3.73. The fraction of sp³-hybridized carbons (Fsp3) is 0.667. The maximum atomic E-state index is 12.2. The highest BCUT2D eigenvalue weighted by molar-refractivity contribution is 5.74. The van der Waals surface area contributed by atoms with Gasteiger partial charge in [0.2, 0.25) is 0 Å². The number of carbonyl (C=O) groups is 1. The van der Waals surface area contributed by atoms with Crippen molar-refractivity contribution >= 4 is 6.03 Å². The van der Waals surface area contributed by atoms with E-state index in [-0.39, 0.29) is 12.1 Å². The molecule has 1 aromatic rings. The van der Waals surface area contributed by atoms with Crippen molar-refractivity contribution in [1.29, 1.82) is 0 Å². The van der Waals surface area contributed by atoms with Gasteiger partial charge in [-0.05, 0) is 56.3 Å². The summed E-state index contributed by atoms with van der Waals surface area (Å²) < 4.78 is 5.22. The third-order valence-electron chi connectivity index (χ3n) is 5.18. The zero-order valence-corrected chi connectivity index (χ0v) is 14.6. The number of nitrogens with zero attached hydrogens (tertiary/aromatic N) is 2. The summed E-state index contributed by atoms with van der Waals surface area (Å²) in [7, 11) is 3.82. The molecule has 1 saturated heterocycles. The molecular formula is C18H28N4O2. The van der Waals surface area contributed by atoms with E-state index in [1.165, 1.54) is 18.4 Å². The van der Waals surface area contributed by atoms with Gasteiger partial charge in [-0.25, -0.2) is 4.79 Å². The lowest BCUT2D eigenvalue weighted by Gasteiger charge is -2.26. The second-order valence-electron chi connectivity index (χ2n) is 7.01. The molecule has 0 aromatic carbocycles. The number of aromatic nitrogens is 1. The largest absolute Gasteiger partial charge is 0.383 e. The summed E-state index contributed by atoms with van der Waals surface area (Å²) in [5.74, 6) is 0.989. The molecule has 1 unspecified atom stereocenters. The number of amides is 2. The topological polar surface area (TPSA) is 66.5 Å². The number of urea groups is 1. The average Bonchev–Trinajstić information content (AvgIpc) is 3.37. The Morgan fingerprint density at radius 3 is 2.96 bits per heavy atom. The summed E-state index contributed by atoms with van der Waals surface area (Å²) in [5, 5.41) is 6.13. The highest BCUT2D eigenvalue weighted by Gasteiger charge is 2.34. The van der Waals surface area contributed by atoms with E-state index < -0.39 is 0 Å². The standard InChI is InChI=1S/C18H28N4O2/c1-22-9-7-15(17(22)14-4-3-8-19-10-14)11-20-18(23)21-16(12-24-2)13-5-6-13/h3-4,8,10,13,15-17H,5-7,9,11-12H2,1-2H3,(H2,20,21,23)/t15-,16?,17-/m0/s1. The van der Waals surface area contributed by atoms with Crippen LogP contribution in [0.4, 0.5) is 4.79 Å². The average molecular weight is 332 g/mol. The Balaban J connectivity index is 1.52. The molecule has 0 spiro atoms. The van der Waals surface area contributed by atoms with E-state index in [1.807, 2.05) is 12.3 Å². The molecule has 0 bridgehead atoms. The van der Waals surface area contributed by atoms with Crippen molar-refractivity contribution in [2.24, 2.45) is 11.8 Å². The van der Waals surface area contributed by atoms with Gasteiger partial charge in [-0.1, -0.05) is 6.07 Å². The second kappa shape index (κ2) is 7.94. The zero-order valence-electron chi connectivity index (χ0n) is 14.6. The van der Waals surface area contributed by atoms with Crippen LogP contribution in [0.15, 0.2) is 24.5 Å². The van der Waals surface area contributed by atoms with E-state index in [9.17, 15) is 4.79 Å². The van der Waals surface area contributed by atoms with E-state index in [0.717, 1.165) is 13.0 Å². The number of carbonyl (C=O) groups excluding carboxylic acids is 1. The molecule has 2 heterocycles. The van der Waals surface area contributed by atoms with Gasteiger partial charge in [0.1, 0.15) is 0 Å². The van der Waals surface area contributed by atoms with E-state index in [4.69, 9.17) is 4.74 Å². The Morgan fingerprint density at radius 2 is 2.29 bits per heavy atom. The maximum Gasteiger partial charge on any atom is 0.315 e. The van der Waals surface area contributed by atoms with Gasteiger partial charge >= 0.3 is 6.03 Å². The minimum atomic E-state index is -0.0801. The number of nitrogens with one attached hydrogen (secondary N) is 2. The molecule has 1 aliphatic heterocycles. The van der Waals surface area contributed by atoms with Crippen LogP contribution in [0.5, 0.6) is 0 Å². The quantitative estimate of drug-likeness (QED) is 0.799. The van der Waals surface area contributed by atoms with Crippen LogP contribution in [0.2, 0.25) is 0 Å². The molecule has 3 atom stereocenters. The Hall–Kier alpha value is -1.66. The lowest BCUT2D eigenvalue weighted by atomic mass is 9.95. The van der Waals surface area contributed by atoms with Gasteiger partial charge in [-0.2, -0.15) is 0 Å². The van der Waals surface area contributed by atoms with E-state index >= 15 is 0 Å². The number of likely N-dealkylation sites (tertiary alicyclic amines) is 1. The van der Waals surface area contributed by atoms with Crippen molar-refractivity contribution in [3.8, 4) is 0 Å². The third kappa shape index (κ3) is 4.24. The molecule has 1 aliphatic carbocycles. The van der Waals surface area contributed by atoms with Crippen molar-refractivity contribution in [2.45, 2.75) is 31.3 Å². The molecule has 2 aliphatic rings. The predicted molar refractivity (Wildman–Crippen MR) is 92.6 cm³/mol. The first kappa shape index (κ1) is 17.2. The molecule has 3 rings (SSSR count). The summed E-state index contributed by atoms with van der Waals surface area (Å²) in [6, 6.07) is 4.47. The molecule has 2 fully saturated rings. The first-order valence-corrected chi connectivity index (χ1v) is 8.82. The number of methoxy groups -OCH3 is 1. The smallest absolute Gasteiger partial charge is 0.315 e. The lowest BCUT2D eigenvalue weighted by molar-refractivity contribution is 0.157. The zero-order chi connectivity index (χ0) is 16.9. The van der Waals surface area contributed by atoms with Crippen molar-refractivity contribution in [3.63, 3.8) is 0 Å². The summed E-state index contributed by atoms with van der Waals surface area (Å²) >= 11 is 0. The van der Waals surface area contributed by atoms with Gasteiger partial charge < -0.3 is 15.4 Å². The predicted octanol–water partition coefficient (Wildman–Crippen LogP) is 1.80. The van der Waals surface area contributed by atoms with E-state index in [1.54, 1.807) is 13.3 Å². The maximum absolute atomic E-state index is 12.2. The minimum absolute atomic E-state index is 0.0801. The monoisotopic (exact) mass is 332 g/mol. The molecular weight excluding hydrogens is 304 g/mol. The lowest BCUT2D eigenvalue weighted by Crippen LogP contribution is -2.46. The van der Waals surface area contributed by atoms with Crippen molar-refractivity contribution in [1.82, 2.24) is 20.5 Å². The summed E-state index contributed by atoms with van der Waals surface area (Å²) in [5.41, 5.74) is 1.22. The van der Waals surface area contributed by atoms with Crippen LogP contribution in [0.25, 0.3) is 0 Å². The van der Waals surface area contributed by atoms with E-state index in [0.29, 0.717) is 31.0 Å². The van der Waals surface area contributed by atoms with Crippen LogP contribution in [-0.4, -0.2) is 55.8 Å². The van der Waals surface area contributed by atoms with Crippen LogP contribution in [0.1, 0.15) is 30.9 Å². The van der Waals surface area contributed by atoms with Gasteiger partial charge in [0, 0.05) is 32.1 Å². The number of pyridine rings is 1. The van der Waals surface area contributed by atoms with Crippen LogP contribution in [-0.2, 0) is 4.74 Å². The van der Waals surface area contributed by atoms with Gasteiger partial charge in [-0.3, -0.25) is 9.88 Å². The van der Waals surface area contributed by atoms with Crippen molar-refractivity contribution in [2.75, 3.05) is 33.9 Å². The Bertz CT molecular complexity index is 535. The minimum Gasteiger partial charge on any atom is -0.383 e. The first-order chi connectivity index (χ1) is 11.7. The number of rotatable bonds is 7. The number of hydrogen-bond donors (Lipinski definition) is 2. The second-order valence-corrected chi connectivity index (χ2v) is 7.01. The molecule has 132 valence electrons. The molecule has 1 saturated carbocycles. The van der Waals surface area contributed by atoms with Crippen LogP contribution in [0.3, 0.4) is 0 Å². The summed E-state index contributed by atoms with van der Waals surface area (Å²) in [6.07, 6.45) is 7.18. The Labute approximate surface area is 144 Å². The number of ether oxygens (including phenoxy) is 1. The molecule has 6 heteroatoms. The first-order valence-electron chi connectivity index (χ1n) is 8.82. The van der Waals surface area contributed by atoms with Gasteiger partial charge in [0.15, 0.2) is 0 Å². The molecule has 1 aromatic heterocycles. The highest BCUT2D eigenvalue weighted by Crippen LogP contribution is 2.35. The van der Waals surface area contributed by atoms with Crippen molar-refractivity contribution < 1.29 is 9.53 Å². The molecule has 24 heavy (non-hydrogen) atoms. The normalized spacial score (nSPS) is 25.4. The molecule has 2 amide bonds. The van der Waals surface area contributed by atoms with Crippen molar-refractivity contribution in [3.05, 3.63) is 30.1 Å².